The van der Waals surface area contributed by atoms with E-state index in [1.807, 2.05) is 30.5 Å². The first-order valence-corrected chi connectivity index (χ1v) is 7.61. The van der Waals surface area contributed by atoms with Gasteiger partial charge in [-0.05, 0) is 24.3 Å². The van der Waals surface area contributed by atoms with Crippen LogP contribution in [0.3, 0.4) is 0 Å². The second-order valence-corrected chi connectivity index (χ2v) is 5.35. The Morgan fingerprint density at radius 2 is 2.17 bits per heavy atom. The molecule has 4 rings (SSSR count). The molecule has 8 heteroatoms. The Morgan fingerprint density at radius 3 is 3.08 bits per heavy atom. The van der Waals surface area contributed by atoms with E-state index in [0.29, 0.717) is 19.1 Å². The van der Waals surface area contributed by atoms with Crippen LogP contribution in [0.25, 0.3) is 21.9 Å². The average molecular weight is 323 g/mol. The Labute approximate surface area is 137 Å². The summed E-state index contributed by atoms with van der Waals surface area (Å²) in [6, 6.07) is 7.89. The van der Waals surface area contributed by atoms with E-state index >= 15 is 0 Å². The van der Waals surface area contributed by atoms with E-state index in [1.165, 1.54) is 0 Å². The third-order valence-electron chi connectivity index (χ3n) is 3.71. The lowest BCUT2D eigenvalue weighted by Crippen LogP contribution is -2.10. The van der Waals surface area contributed by atoms with Crippen molar-refractivity contribution in [3.05, 3.63) is 36.7 Å². The predicted molar refractivity (Wildman–Crippen MR) is 93.6 cm³/mol. The van der Waals surface area contributed by atoms with Crippen molar-refractivity contribution < 1.29 is 4.74 Å². The minimum absolute atomic E-state index is 0.517. The number of aromatic amines is 2. The van der Waals surface area contributed by atoms with Crippen LogP contribution in [0.2, 0.25) is 0 Å². The Hall–Kier alpha value is -3.13. The van der Waals surface area contributed by atoms with Gasteiger partial charge in [-0.3, -0.25) is 5.10 Å². The fraction of sp³-hybridized carbons (Fsp3) is 0.188. The molecule has 0 amide bonds. The van der Waals surface area contributed by atoms with Crippen LogP contribution in [0, 0.1) is 0 Å². The number of methoxy groups -OCH3 is 1. The molecule has 0 spiro atoms. The van der Waals surface area contributed by atoms with Crippen LogP contribution < -0.4 is 10.6 Å². The van der Waals surface area contributed by atoms with E-state index in [-0.39, 0.29) is 0 Å². The molecule has 3 heterocycles. The lowest BCUT2D eigenvalue weighted by Gasteiger charge is -2.10. The number of nitrogens with one attached hydrogen (secondary N) is 4. The summed E-state index contributed by atoms with van der Waals surface area (Å²) in [5.74, 6) is 1.28. The highest BCUT2D eigenvalue weighted by atomic mass is 16.5. The molecule has 4 N–H and O–H groups in total. The van der Waals surface area contributed by atoms with Gasteiger partial charge in [-0.2, -0.15) is 15.1 Å². The first-order valence-electron chi connectivity index (χ1n) is 7.61. The van der Waals surface area contributed by atoms with Crippen molar-refractivity contribution in [1.82, 2.24) is 25.1 Å². The van der Waals surface area contributed by atoms with Crippen LogP contribution in [0.1, 0.15) is 0 Å². The standard InChI is InChI=1S/C16H17N7O/c1-24-7-6-18-15-12-4-5-17-14(12)21-16(22-15)20-11-3-2-10-9-19-23-13(10)8-11/h2-5,8-9H,6-7H2,1H3,(H,19,23)(H3,17,18,20,21,22). The maximum absolute atomic E-state index is 5.08. The molecule has 4 aromatic rings. The van der Waals surface area contributed by atoms with Crippen molar-refractivity contribution in [2.75, 3.05) is 30.9 Å². The normalized spacial score (nSPS) is 11.2. The highest BCUT2D eigenvalue weighted by molar-refractivity contribution is 5.88. The molecular weight excluding hydrogens is 306 g/mol. The molecular formula is C16H17N7O. The molecule has 1 aromatic carbocycles. The quantitative estimate of drug-likeness (QED) is 0.407. The highest BCUT2D eigenvalue weighted by Gasteiger charge is 2.09. The molecule has 0 fully saturated rings. The summed E-state index contributed by atoms with van der Waals surface area (Å²) in [6.07, 6.45) is 3.64. The largest absolute Gasteiger partial charge is 0.383 e. The summed E-state index contributed by atoms with van der Waals surface area (Å²) in [5, 5.41) is 15.5. The van der Waals surface area contributed by atoms with Gasteiger partial charge in [0.05, 0.1) is 23.7 Å². The fourth-order valence-electron chi connectivity index (χ4n) is 2.55. The molecule has 0 aliphatic rings. The summed E-state index contributed by atoms with van der Waals surface area (Å²) < 4.78 is 5.08. The number of fused-ring (bicyclic) bond motifs is 2. The summed E-state index contributed by atoms with van der Waals surface area (Å²) >= 11 is 0. The fourth-order valence-corrected chi connectivity index (χ4v) is 2.55. The van der Waals surface area contributed by atoms with Crippen molar-refractivity contribution in [3.63, 3.8) is 0 Å². The maximum Gasteiger partial charge on any atom is 0.231 e. The Kier molecular flexibility index (Phi) is 3.72. The number of hydrogen-bond acceptors (Lipinski definition) is 6. The van der Waals surface area contributed by atoms with E-state index in [9.17, 15) is 0 Å². The van der Waals surface area contributed by atoms with Crippen LogP contribution in [0.4, 0.5) is 17.5 Å². The van der Waals surface area contributed by atoms with Gasteiger partial charge in [-0.25, -0.2) is 0 Å². The van der Waals surface area contributed by atoms with E-state index in [0.717, 1.165) is 33.4 Å². The van der Waals surface area contributed by atoms with Gasteiger partial charge in [0.25, 0.3) is 0 Å². The smallest absolute Gasteiger partial charge is 0.231 e. The lowest BCUT2D eigenvalue weighted by molar-refractivity contribution is 0.210. The molecule has 8 nitrogen and oxygen atoms in total. The van der Waals surface area contributed by atoms with Crippen molar-refractivity contribution in [1.29, 1.82) is 0 Å². The number of hydrogen-bond donors (Lipinski definition) is 4. The number of anilines is 3. The van der Waals surface area contributed by atoms with Crippen molar-refractivity contribution in [2.45, 2.75) is 0 Å². The zero-order valence-electron chi connectivity index (χ0n) is 13.1. The number of aromatic nitrogens is 5. The molecule has 0 saturated carbocycles. The summed E-state index contributed by atoms with van der Waals surface area (Å²) in [4.78, 5) is 12.2. The molecule has 0 saturated heterocycles. The summed E-state index contributed by atoms with van der Waals surface area (Å²) in [6.45, 7) is 1.28. The Balaban J connectivity index is 1.65. The molecule has 122 valence electrons. The topological polar surface area (TPSA) is 104 Å². The Bertz CT molecular complexity index is 975. The minimum Gasteiger partial charge on any atom is -0.383 e. The van der Waals surface area contributed by atoms with Crippen LogP contribution in [-0.4, -0.2) is 45.4 Å². The first kappa shape index (κ1) is 14.5. The van der Waals surface area contributed by atoms with Crippen LogP contribution in [0.15, 0.2) is 36.7 Å². The predicted octanol–water partition coefficient (Wildman–Crippen LogP) is 2.64. The number of nitrogens with zero attached hydrogens (tertiary/aromatic N) is 3. The third kappa shape index (κ3) is 2.74. The molecule has 0 radical (unpaired) electrons. The van der Waals surface area contributed by atoms with Gasteiger partial charge in [0.2, 0.25) is 5.95 Å². The third-order valence-corrected chi connectivity index (χ3v) is 3.71. The van der Waals surface area contributed by atoms with E-state index in [4.69, 9.17) is 4.74 Å². The van der Waals surface area contributed by atoms with Gasteiger partial charge in [-0.15, -0.1) is 0 Å². The number of benzene rings is 1. The first-order chi connectivity index (χ1) is 11.8. The Morgan fingerprint density at radius 1 is 1.21 bits per heavy atom. The zero-order chi connectivity index (χ0) is 16.4. The molecule has 0 aliphatic carbocycles. The van der Waals surface area contributed by atoms with Crippen molar-refractivity contribution in [3.8, 4) is 0 Å². The molecule has 0 unspecified atom stereocenters. The van der Waals surface area contributed by atoms with Gasteiger partial charge >= 0.3 is 0 Å². The zero-order valence-corrected chi connectivity index (χ0v) is 13.1. The second kappa shape index (κ2) is 6.17. The molecule has 3 aromatic heterocycles. The van der Waals surface area contributed by atoms with E-state index < -0.39 is 0 Å². The van der Waals surface area contributed by atoms with Crippen LogP contribution in [-0.2, 0) is 4.74 Å². The second-order valence-electron chi connectivity index (χ2n) is 5.35. The van der Waals surface area contributed by atoms with Gasteiger partial charge in [0, 0.05) is 30.9 Å². The van der Waals surface area contributed by atoms with E-state index in [2.05, 4.69) is 35.8 Å². The molecule has 0 aliphatic heterocycles. The van der Waals surface area contributed by atoms with Crippen molar-refractivity contribution in [2.24, 2.45) is 0 Å². The summed E-state index contributed by atoms with van der Waals surface area (Å²) in [5.41, 5.74) is 2.62. The number of rotatable bonds is 6. The highest BCUT2D eigenvalue weighted by Crippen LogP contribution is 2.24. The molecule has 24 heavy (non-hydrogen) atoms. The minimum atomic E-state index is 0.517. The van der Waals surface area contributed by atoms with Gasteiger partial charge in [0.1, 0.15) is 11.5 Å². The van der Waals surface area contributed by atoms with Gasteiger partial charge in [0.15, 0.2) is 0 Å². The lowest BCUT2D eigenvalue weighted by atomic mass is 10.2. The summed E-state index contributed by atoms with van der Waals surface area (Å²) in [7, 11) is 1.67. The number of H-pyrrole nitrogens is 2. The molecule has 0 bridgehead atoms. The van der Waals surface area contributed by atoms with Crippen LogP contribution >= 0.6 is 0 Å². The average Bonchev–Trinajstić information content (AvgIpc) is 3.23. The maximum atomic E-state index is 5.08. The van der Waals surface area contributed by atoms with Gasteiger partial charge in [-0.1, -0.05) is 0 Å². The number of ether oxygens (including phenoxy) is 1. The van der Waals surface area contributed by atoms with E-state index in [1.54, 1.807) is 13.3 Å². The monoisotopic (exact) mass is 323 g/mol. The SMILES string of the molecule is COCCNc1nc(Nc2ccc3cn[nH]c3c2)nc2[nH]ccc12. The van der Waals surface area contributed by atoms with Crippen LogP contribution in [0.5, 0.6) is 0 Å². The van der Waals surface area contributed by atoms with Gasteiger partial charge < -0.3 is 20.4 Å². The van der Waals surface area contributed by atoms with Crippen molar-refractivity contribution >= 4 is 39.4 Å². The molecule has 0 atom stereocenters.